The molecule has 0 aliphatic carbocycles. The lowest BCUT2D eigenvalue weighted by atomic mass is 9.85. The first-order valence-electron chi connectivity index (χ1n) is 10.4. The van der Waals surface area contributed by atoms with Crippen LogP contribution in [0.3, 0.4) is 0 Å². The van der Waals surface area contributed by atoms with Crippen molar-refractivity contribution in [3.63, 3.8) is 0 Å². The fraction of sp³-hybridized carbons (Fsp3) is 0.259. The SMILES string of the molecule is CC(C)(O)c1cc2ccccc2c(Cc2c(O)c(C(C)(C)O)cc3ccccc23)c1O. The molecular weight excluding hydrogens is 388 g/mol. The van der Waals surface area contributed by atoms with Gasteiger partial charge < -0.3 is 20.4 Å². The van der Waals surface area contributed by atoms with Gasteiger partial charge in [-0.2, -0.15) is 0 Å². The maximum Gasteiger partial charge on any atom is 0.125 e. The maximum absolute atomic E-state index is 11.2. The van der Waals surface area contributed by atoms with Gasteiger partial charge in [0.05, 0.1) is 11.2 Å². The van der Waals surface area contributed by atoms with Gasteiger partial charge in [0, 0.05) is 28.7 Å². The highest BCUT2D eigenvalue weighted by Crippen LogP contribution is 2.43. The fourth-order valence-electron chi connectivity index (χ4n) is 4.29. The van der Waals surface area contributed by atoms with Crippen LogP contribution in [-0.2, 0) is 17.6 Å². The fourth-order valence-corrected chi connectivity index (χ4v) is 4.29. The first-order chi connectivity index (χ1) is 14.5. The number of aliphatic hydroxyl groups is 2. The van der Waals surface area contributed by atoms with Gasteiger partial charge in [-0.1, -0.05) is 48.5 Å². The lowest BCUT2D eigenvalue weighted by Crippen LogP contribution is -2.17. The summed E-state index contributed by atoms with van der Waals surface area (Å²) in [6.45, 7) is 6.57. The van der Waals surface area contributed by atoms with Gasteiger partial charge in [0.25, 0.3) is 0 Å². The molecule has 4 nitrogen and oxygen atoms in total. The topological polar surface area (TPSA) is 80.9 Å². The van der Waals surface area contributed by atoms with E-state index >= 15 is 0 Å². The van der Waals surface area contributed by atoms with E-state index in [0.29, 0.717) is 22.3 Å². The van der Waals surface area contributed by atoms with Crippen molar-refractivity contribution in [3.05, 3.63) is 82.9 Å². The van der Waals surface area contributed by atoms with Crippen molar-refractivity contribution in [2.75, 3.05) is 0 Å². The van der Waals surface area contributed by atoms with E-state index < -0.39 is 11.2 Å². The van der Waals surface area contributed by atoms with Gasteiger partial charge >= 0.3 is 0 Å². The van der Waals surface area contributed by atoms with Crippen LogP contribution in [0.1, 0.15) is 49.9 Å². The van der Waals surface area contributed by atoms with Crippen LogP contribution < -0.4 is 0 Å². The van der Waals surface area contributed by atoms with Crippen LogP contribution in [0, 0.1) is 0 Å². The van der Waals surface area contributed by atoms with Crippen LogP contribution >= 0.6 is 0 Å². The molecule has 0 atom stereocenters. The summed E-state index contributed by atoms with van der Waals surface area (Å²) >= 11 is 0. The third-order valence-corrected chi connectivity index (χ3v) is 5.93. The highest BCUT2D eigenvalue weighted by Gasteiger charge is 2.27. The summed E-state index contributed by atoms with van der Waals surface area (Å²) in [5.41, 5.74) is -0.344. The molecule has 4 heteroatoms. The number of hydrogen-bond acceptors (Lipinski definition) is 4. The predicted molar refractivity (Wildman–Crippen MR) is 125 cm³/mol. The molecule has 4 N–H and O–H groups in total. The Hall–Kier alpha value is -3.08. The molecular formula is C27H28O4. The van der Waals surface area contributed by atoms with Gasteiger partial charge in [0.15, 0.2) is 0 Å². The van der Waals surface area contributed by atoms with E-state index in [0.717, 1.165) is 21.5 Å². The Morgan fingerprint density at radius 1 is 0.613 bits per heavy atom. The number of hydrogen-bond donors (Lipinski definition) is 4. The van der Waals surface area contributed by atoms with Crippen LogP contribution in [0.15, 0.2) is 60.7 Å². The summed E-state index contributed by atoms with van der Waals surface area (Å²) in [7, 11) is 0. The Bertz CT molecular complexity index is 1190. The Kier molecular flexibility index (Phi) is 4.95. The van der Waals surface area contributed by atoms with Crippen molar-refractivity contribution in [2.45, 2.75) is 45.3 Å². The molecule has 0 saturated carbocycles. The summed E-state index contributed by atoms with van der Waals surface area (Å²) in [5.74, 6) is 0.0340. The molecule has 4 rings (SSSR count). The molecule has 4 aromatic rings. The molecule has 31 heavy (non-hydrogen) atoms. The average molecular weight is 417 g/mol. The normalized spacial score (nSPS) is 12.6. The van der Waals surface area contributed by atoms with Crippen molar-refractivity contribution in [1.82, 2.24) is 0 Å². The minimum Gasteiger partial charge on any atom is -0.507 e. The number of phenolic OH excluding ortho intramolecular Hbond substituents is 2. The molecule has 0 bridgehead atoms. The molecule has 0 spiro atoms. The Morgan fingerprint density at radius 2 is 0.968 bits per heavy atom. The minimum absolute atomic E-state index is 0.0170. The molecule has 160 valence electrons. The van der Waals surface area contributed by atoms with Gasteiger partial charge in [-0.3, -0.25) is 0 Å². The molecule has 4 aromatic carbocycles. The quantitative estimate of drug-likeness (QED) is 0.357. The number of rotatable bonds is 4. The second kappa shape index (κ2) is 7.26. The van der Waals surface area contributed by atoms with Crippen LogP contribution in [0.25, 0.3) is 21.5 Å². The van der Waals surface area contributed by atoms with Gasteiger partial charge in [-0.05, 0) is 61.4 Å². The van der Waals surface area contributed by atoms with E-state index in [1.165, 1.54) is 0 Å². The molecule has 0 aliphatic heterocycles. The van der Waals surface area contributed by atoms with Gasteiger partial charge in [-0.25, -0.2) is 0 Å². The molecule has 0 heterocycles. The predicted octanol–water partition coefficient (Wildman–Crippen LogP) is 5.45. The number of benzene rings is 4. The molecule has 0 aromatic heterocycles. The van der Waals surface area contributed by atoms with E-state index in [2.05, 4.69) is 0 Å². The largest absolute Gasteiger partial charge is 0.507 e. The summed E-state index contributed by atoms with van der Waals surface area (Å²) < 4.78 is 0. The third-order valence-electron chi connectivity index (χ3n) is 5.93. The van der Waals surface area contributed by atoms with Crippen LogP contribution in [0.2, 0.25) is 0 Å². The second-order valence-corrected chi connectivity index (χ2v) is 9.24. The Morgan fingerprint density at radius 3 is 1.32 bits per heavy atom. The molecule has 0 amide bonds. The summed E-state index contributed by atoms with van der Waals surface area (Å²) in [6.07, 6.45) is 0.243. The minimum atomic E-state index is -1.23. The Balaban J connectivity index is 2.05. The van der Waals surface area contributed by atoms with E-state index in [4.69, 9.17) is 0 Å². The third kappa shape index (κ3) is 3.73. The molecule has 0 saturated heterocycles. The van der Waals surface area contributed by atoms with Gasteiger partial charge in [-0.15, -0.1) is 0 Å². The van der Waals surface area contributed by atoms with Crippen molar-refractivity contribution >= 4 is 21.5 Å². The zero-order chi connectivity index (χ0) is 22.6. The van der Waals surface area contributed by atoms with Crippen LogP contribution in [0.4, 0.5) is 0 Å². The first kappa shape index (κ1) is 21.2. The summed E-state index contributed by atoms with van der Waals surface area (Å²) in [4.78, 5) is 0. The highest BCUT2D eigenvalue weighted by molar-refractivity contribution is 5.93. The lowest BCUT2D eigenvalue weighted by molar-refractivity contribution is 0.0754. The van der Waals surface area contributed by atoms with E-state index in [1.54, 1.807) is 39.8 Å². The lowest BCUT2D eigenvalue weighted by Gasteiger charge is -2.25. The monoisotopic (exact) mass is 416 g/mol. The summed E-state index contributed by atoms with van der Waals surface area (Å²) in [6, 6.07) is 19.0. The smallest absolute Gasteiger partial charge is 0.125 e. The van der Waals surface area contributed by atoms with Crippen molar-refractivity contribution in [3.8, 4) is 11.5 Å². The van der Waals surface area contributed by atoms with Crippen molar-refractivity contribution < 1.29 is 20.4 Å². The zero-order valence-corrected chi connectivity index (χ0v) is 18.3. The van der Waals surface area contributed by atoms with E-state index in [9.17, 15) is 20.4 Å². The van der Waals surface area contributed by atoms with Gasteiger partial charge in [0.2, 0.25) is 0 Å². The molecule has 0 fully saturated rings. The number of phenols is 2. The molecule has 0 radical (unpaired) electrons. The second-order valence-electron chi connectivity index (χ2n) is 9.24. The molecule has 0 aliphatic rings. The Labute approximate surface area is 182 Å². The van der Waals surface area contributed by atoms with Crippen LogP contribution in [0.5, 0.6) is 11.5 Å². The number of aromatic hydroxyl groups is 2. The zero-order valence-electron chi connectivity index (χ0n) is 18.3. The summed E-state index contributed by atoms with van der Waals surface area (Å²) in [5, 5.41) is 47.2. The van der Waals surface area contributed by atoms with Gasteiger partial charge in [0.1, 0.15) is 11.5 Å². The first-order valence-corrected chi connectivity index (χ1v) is 10.4. The van der Waals surface area contributed by atoms with Crippen molar-refractivity contribution in [2.24, 2.45) is 0 Å². The van der Waals surface area contributed by atoms with E-state index in [-0.39, 0.29) is 17.9 Å². The van der Waals surface area contributed by atoms with Crippen molar-refractivity contribution in [1.29, 1.82) is 0 Å². The molecule has 0 unspecified atom stereocenters. The highest BCUT2D eigenvalue weighted by atomic mass is 16.3. The van der Waals surface area contributed by atoms with Crippen LogP contribution in [-0.4, -0.2) is 20.4 Å². The van der Waals surface area contributed by atoms with E-state index in [1.807, 2.05) is 48.5 Å². The number of fused-ring (bicyclic) bond motifs is 2. The maximum atomic E-state index is 11.2. The average Bonchev–Trinajstić information content (AvgIpc) is 2.69. The standard InChI is InChI=1S/C27H28O4/c1-26(2,30)22-13-16-9-5-7-11-18(16)20(24(22)28)15-21-19-12-8-6-10-17(19)14-23(25(21)29)27(3,4)31/h5-14,28-31H,15H2,1-4H3.